The predicted octanol–water partition coefficient (Wildman–Crippen LogP) is 2.53. The number of methoxy groups -OCH3 is 2. The predicted molar refractivity (Wildman–Crippen MR) is 82.3 cm³/mol. The third kappa shape index (κ3) is 3.38. The highest BCUT2D eigenvalue weighted by Gasteiger charge is 2.55. The molecule has 5 nitrogen and oxygen atoms in total. The van der Waals surface area contributed by atoms with Crippen LogP contribution in [-0.2, 0) is 23.7 Å². The van der Waals surface area contributed by atoms with E-state index in [0.29, 0.717) is 19.6 Å². The fraction of sp³-hybridized carbons (Fsp3) is 0.588. The molecule has 1 aliphatic carbocycles. The second-order valence-corrected chi connectivity index (χ2v) is 5.26. The van der Waals surface area contributed by atoms with Crippen molar-refractivity contribution >= 4 is 6.29 Å². The summed E-state index contributed by atoms with van der Waals surface area (Å²) >= 11 is 0. The summed E-state index contributed by atoms with van der Waals surface area (Å²) < 4.78 is 22.8. The fourth-order valence-electron chi connectivity index (χ4n) is 2.70. The topological polar surface area (TPSA) is 54.0 Å². The summed E-state index contributed by atoms with van der Waals surface area (Å²) in [7, 11) is 3.16. The summed E-state index contributed by atoms with van der Waals surface area (Å²) in [4.78, 5) is 10.3. The molecule has 0 bridgehead atoms. The van der Waals surface area contributed by atoms with Crippen molar-refractivity contribution in [2.24, 2.45) is 0 Å². The van der Waals surface area contributed by atoms with Crippen LogP contribution in [0.1, 0.15) is 25.7 Å². The molecular formula is C17H24O5. The Labute approximate surface area is 131 Å². The highest BCUT2D eigenvalue weighted by Crippen LogP contribution is 2.39. The van der Waals surface area contributed by atoms with E-state index in [1.807, 2.05) is 24.3 Å². The molecule has 0 spiro atoms. The lowest BCUT2D eigenvalue weighted by molar-refractivity contribution is -0.389. The first-order valence-electron chi connectivity index (χ1n) is 7.62. The minimum absolute atomic E-state index is 0.446. The number of carbonyl (C=O) groups excluding carboxylic acids is 1. The molecule has 0 amide bonds. The summed E-state index contributed by atoms with van der Waals surface area (Å²) in [5.41, 5.74) is 1.04. The smallest absolute Gasteiger partial charge is 0.248 e. The molecule has 122 valence electrons. The average molecular weight is 308 g/mol. The molecule has 5 heteroatoms. The lowest BCUT2D eigenvalue weighted by atomic mass is 10.0. The van der Waals surface area contributed by atoms with Gasteiger partial charge in [-0.3, -0.25) is 0 Å². The molecule has 0 unspecified atom stereocenters. The normalized spacial score (nSPS) is 30.7. The van der Waals surface area contributed by atoms with Crippen LogP contribution in [-0.4, -0.2) is 45.3 Å². The molecule has 0 saturated carbocycles. The van der Waals surface area contributed by atoms with E-state index in [-0.39, 0.29) is 0 Å². The van der Waals surface area contributed by atoms with Gasteiger partial charge in [0.25, 0.3) is 0 Å². The summed E-state index contributed by atoms with van der Waals surface area (Å²) in [6, 6.07) is 0. The van der Waals surface area contributed by atoms with Gasteiger partial charge in [-0.25, -0.2) is 0 Å². The largest absolute Gasteiger partial charge is 0.345 e. The zero-order chi connectivity index (χ0) is 15.9. The van der Waals surface area contributed by atoms with Gasteiger partial charge in [-0.15, -0.1) is 0 Å². The van der Waals surface area contributed by atoms with Crippen molar-refractivity contribution in [3.05, 3.63) is 36.0 Å². The van der Waals surface area contributed by atoms with E-state index in [1.165, 1.54) is 0 Å². The Bertz CT molecular complexity index is 436. The number of allylic oxidation sites excluding steroid dienone is 4. The molecule has 2 rings (SSSR count). The van der Waals surface area contributed by atoms with Crippen molar-refractivity contribution in [3.8, 4) is 0 Å². The van der Waals surface area contributed by atoms with Crippen molar-refractivity contribution < 1.29 is 23.7 Å². The van der Waals surface area contributed by atoms with Crippen molar-refractivity contribution in [1.82, 2.24) is 0 Å². The maximum absolute atomic E-state index is 10.3. The van der Waals surface area contributed by atoms with E-state index in [2.05, 4.69) is 6.08 Å². The van der Waals surface area contributed by atoms with E-state index in [0.717, 1.165) is 31.1 Å². The molecule has 1 heterocycles. The van der Waals surface area contributed by atoms with Crippen molar-refractivity contribution in [2.45, 2.75) is 37.3 Å². The van der Waals surface area contributed by atoms with Crippen LogP contribution >= 0.6 is 0 Å². The number of carbonyl (C=O) groups is 1. The molecule has 0 radical (unpaired) electrons. The average Bonchev–Trinajstić information content (AvgIpc) is 2.73. The summed E-state index contributed by atoms with van der Waals surface area (Å²) in [5.74, 6) is -2.16. The summed E-state index contributed by atoms with van der Waals surface area (Å²) in [6.07, 6.45) is 14.1. The lowest BCUT2D eigenvalue weighted by Crippen LogP contribution is -2.61. The maximum Gasteiger partial charge on any atom is 0.248 e. The van der Waals surface area contributed by atoms with Crippen LogP contribution in [0, 0.1) is 0 Å². The Kier molecular flexibility index (Phi) is 6.08. The number of aldehydes is 1. The fourth-order valence-corrected chi connectivity index (χ4v) is 2.70. The molecule has 0 aromatic carbocycles. The Morgan fingerprint density at radius 3 is 2.09 bits per heavy atom. The SMILES string of the molecule is CO[C@@]12C=CC(=CCCCCC=O)C=C[C@@]1(OC)OCCO2. The molecule has 22 heavy (non-hydrogen) atoms. The molecule has 1 fully saturated rings. The summed E-state index contributed by atoms with van der Waals surface area (Å²) in [5, 5.41) is 0. The second-order valence-electron chi connectivity index (χ2n) is 5.26. The van der Waals surface area contributed by atoms with E-state index >= 15 is 0 Å². The van der Waals surface area contributed by atoms with Gasteiger partial charge in [0.2, 0.25) is 11.6 Å². The monoisotopic (exact) mass is 308 g/mol. The van der Waals surface area contributed by atoms with Gasteiger partial charge in [-0.1, -0.05) is 18.2 Å². The molecule has 0 N–H and O–H groups in total. The van der Waals surface area contributed by atoms with Crippen LogP contribution < -0.4 is 0 Å². The van der Waals surface area contributed by atoms with Crippen LogP contribution in [0.2, 0.25) is 0 Å². The van der Waals surface area contributed by atoms with E-state index in [1.54, 1.807) is 14.2 Å². The molecular weight excluding hydrogens is 284 g/mol. The Morgan fingerprint density at radius 1 is 1.05 bits per heavy atom. The number of fused-ring (bicyclic) bond motifs is 1. The van der Waals surface area contributed by atoms with Crippen LogP contribution in [0.4, 0.5) is 0 Å². The zero-order valence-electron chi connectivity index (χ0n) is 13.2. The highest BCUT2D eigenvalue weighted by atomic mass is 16.8. The van der Waals surface area contributed by atoms with Gasteiger partial charge in [0.1, 0.15) is 6.29 Å². The van der Waals surface area contributed by atoms with Gasteiger partial charge >= 0.3 is 0 Å². The van der Waals surface area contributed by atoms with Crippen LogP contribution in [0.5, 0.6) is 0 Å². The molecule has 1 saturated heterocycles. The molecule has 0 aromatic rings. The van der Waals surface area contributed by atoms with Crippen molar-refractivity contribution in [1.29, 1.82) is 0 Å². The highest BCUT2D eigenvalue weighted by molar-refractivity contribution is 5.48. The second kappa shape index (κ2) is 7.83. The first-order valence-corrected chi connectivity index (χ1v) is 7.62. The molecule has 2 atom stereocenters. The number of unbranched alkanes of at least 4 members (excludes halogenated alkanes) is 3. The van der Waals surface area contributed by atoms with Crippen molar-refractivity contribution in [2.75, 3.05) is 27.4 Å². The standard InChI is InChI=1S/C17H24O5/c1-19-16-10-8-15(7-5-3-4-6-12-18)9-11-17(16,20-2)22-14-13-21-16/h7-12H,3-6,13-14H2,1-2H3/t16-,17-/m1/s1. The van der Waals surface area contributed by atoms with Crippen LogP contribution in [0.15, 0.2) is 36.0 Å². The number of hydrogen-bond donors (Lipinski definition) is 0. The third-order valence-electron chi connectivity index (χ3n) is 3.96. The third-order valence-corrected chi connectivity index (χ3v) is 3.96. The van der Waals surface area contributed by atoms with E-state index in [9.17, 15) is 4.79 Å². The lowest BCUT2D eigenvalue weighted by Gasteiger charge is -2.46. The molecule has 0 aromatic heterocycles. The zero-order valence-corrected chi connectivity index (χ0v) is 13.2. The quantitative estimate of drug-likeness (QED) is 0.534. The van der Waals surface area contributed by atoms with E-state index < -0.39 is 11.6 Å². The number of rotatable bonds is 7. The Morgan fingerprint density at radius 2 is 1.59 bits per heavy atom. The first-order chi connectivity index (χ1) is 10.7. The molecule has 1 aliphatic heterocycles. The summed E-state index contributed by atoms with van der Waals surface area (Å²) in [6.45, 7) is 0.893. The van der Waals surface area contributed by atoms with Gasteiger partial charge in [0.15, 0.2) is 0 Å². The Balaban J connectivity index is 2.16. The van der Waals surface area contributed by atoms with Gasteiger partial charge < -0.3 is 23.7 Å². The number of ether oxygens (including phenoxy) is 4. The van der Waals surface area contributed by atoms with Crippen LogP contribution in [0.25, 0.3) is 0 Å². The first kappa shape index (κ1) is 17.1. The maximum atomic E-state index is 10.3. The number of hydrogen-bond acceptors (Lipinski definition) is 5. The minimum atomic E-state index is -1.08. The van der Waals surface area contributed by atoms with Crippen molar-refractivity contribution in [3.63, 3.8) is 0 Å². The minimum Gasteiger partial charge on any atom is -0.345 e. The van der Waals surface area contributed by atoms with Crippen LogP contribution in [0.3, 0.4) is 0 Å². The van der Waals surface area contributed by atoms with Gasteiger partial charge in [0.05, 0.1) is 13.2 Å². The molecule has 2 aliphatic rings. The van der Waals surface area contributed by atoms with Gasteiger partial charge in [-0.05, 0) is 37.0 Å². The van der Waals surface area contributed by atoms with Gasteiger partial charge in [-0.2, -0.15) is 0 Å². The van der Waals surface area contributed by atoms with Gasteiger partial charge in [0, 0.05) is 20.6 Å². The Hall–Kier alpha value is -1.27. The van der Waals surface area contributed by atoms with E-state index in [4.69, 9.17) is 18.9 Å².